The Hall–Kier alpha value is -9.18. The summed E-state index contributed by atoms with van der Waals surface area (Å²) in [6.45, 7) is 7.76. The lowest BCUT2D eigenvalue weighted by atomic mass is 10.0. The number of aromatic nitrogens is 6. The van der Waals surface area contributed by atoms with Gasteiger partial charge in [0.05, 0.1) is 116 Å². The number of aliphatic hydroxyl groups excluding tert-OH is 2. The molecule has 6 aromatic rings. The van der Waals surface area contributed by atoms with Crippen molar-refractivity contribution in [3.8, 4) is 47.1 Å². The van der Waals surface area contributed by atoms with Crippen LogP contribution in [0.4, 0.5) is 20.2 Å². The number of nitriles is 4. The molecular weight excluding hydrogens is 971 g/mol. The lowest BCUT2D eigenvalue weighted by Gasteiger charge is -2.22. The van der Waals surface area contributed by atoms with Gasteiger partial charge in [-0.25, -0.2) is 27.4 Å². The Morgan fingerprint density at radius 1 is 0.622 bits per heavy atom. The molecule has 6 rings (SSSR count). The van der Waals surface area contributed by atoms with Crippen molar-refractivity contribution >= 4 is 46.2 Å². The zero-order chi connectivity index (χ0) is 55.2. The van der Waals surface area contributed by atoms with E-state index < -0.39 is 71.6 Å². The fraction of sp³-hybridized carbons (Fsp3) is 0.333. The van der Waals surface area contributed by atoms with E-state index in [1.165, 1.54) is 52.5 Å². The number of alkyl halides is 2. The highest BCUT2D eigenvalue weighted by atomic mass is 19.1. The van der Waals surface area contributed by atoms with Crippen LogP contribution < -0.4 is 21.3 Å². The number of pyridine rings is 2. The zero-order valence-corrected chi connectivity index (χ0v) is 40.4. The van der Waals surface area contributed by atoms with Gasteiger partial charge in [0, 0.05) is 12.4 Å². The van der Waals surface area contributed by atoms with Crippen molar-refractivity contribution in [3.63, 3.8) is 0 Å². The monoisotopic (exact) mass is 1020 g/mol. The summed E-state index contributed by atoms with van der Waals surface area (Å²) in [5.41, 5.74) is 2.16. The Kier molecular flexibility index (Phi) is 19.2. The predicted molar refractivity (Wildman–Crippen MR) is 258 cm³/mol. The Morgan fingerprint density at radius 2 is 0.973 bits per heavy atom. The lowest BCUT2D eigenvalue weighted by molar-refractivity contribution is -0.165. The highest BCUT2D eigenvalue weighted by molar-refractivity contribution is 6.01. The second-order valence-electron chi connectivity index (χ2n) is 17.3. The smallest absolute Gasteiger partial charge is 0.335 e. The van der Waals surface area contributed by atoms with Gasteiger partial charge in [-0.3, -0.25) is 19.6 Å². The second kappa shape index (κ2) is 24.8. The van der Waals surface area contributed by atoms with Crippen molar-refractivity contribution in [1.29, 1.82) is 21.0 Å². The van der Waals surface area contributed by atoms with Gasteiger partial charge in [0.2, 0.25) is 0 Å². The molecule has 0 radical (unpaired) electrons. The molecule has 0 aliphatic heterocycles. The van der Waals surface area contributed by atoms with Crippen molar-refractivity contribution in [3.05, 3.63) is 95.6 Å². The second-order valence-corrected chi connectivity index (χ2v) is 17.3. The van der Waals surface area contributed by atoms with Gasteiger partial charge in [0.15, 0.2) is 12.2 Å². The van der Waals surface area contributed by atoms with Gasteiger partial charge in [-0.2, -0.15) is 31.2 Å². The molecule has 6 heterocycles. The summed E-state index contributed by atoms with van der Waals surface area (Å²) in [4.78, 5) is 53.6. The summed E-state index contributed by atoms with van der Waals surface area (Å²) in [6, 6.07) is 20.6. The highest BCUT2D eigenvalue weighted by Crippen LogP contribution is 2.28. The molecule has 26 heteroatoms. The Morgan fingerprint density at radius 3 is 1.27 bits per heavy atom. The topological polar surface area (TPSA) is 393 Å². The number of anilines is 2. The first kappa shape index (κ1) is 57.4. The molecule has 6 atom stereocenters. The summed E-state index contributed by atoms with van der Waals surface area (Å²) in [5.74, 6) is -4.73. The van der Waals surface area contributed by atoms with E-state index >= 15 is 0 Å². The number of halogens is 2. The third-order valence-corrected chi connectivity index (χ3v) is 10.4. The van der Waals surface area contributed by atoms with Gasteiger partial charge in [-0.15, -0.1) is 0 Å². The van der Waals surface area contributed by atoms with E-state index in [0.717, 1.165) is 0 Å². The van der Waals surface area contributed by atoms with E-state index in [4.69, 9.17) is 30.9 Å². The number of carboxylic acids is 2. The van der Waals surface area contributed by atoms with Crippen LogP contribution in [0, 0.1) is 45.3 Å². The summed E-state index contributed by atoms with van der Waals surface area (Å²) >= 11 is 0. The van der Waals surface area contributed by atoms with Crippen molar-refractivity contribution in [2.75, 3.05) is 23.7 Å². The lowest BCUT2D eigenvalue weighted by Crippen LogP contribution is -2.42. The largest absolute Gasteiger partial charge is 0.479 e. The molecule has 386 valence electrons. The third-order valence-electron chi connectivity index (χ3n) is 10.4. The number of carboxylic acid groups (broad SMARTS) is 2. The molecule has 0 saturated heterocycles. The number of hydrogen-bond donors (Lipinski definition) is 10. The van der Waals surface area contributed by atoms with Gasteiger partial charge in [0.1, 0.15) is 36.6 Å². The van der Waals surface area contributed by atoms with Crippen LogP contribution in [0.2, 0.25) is 0 Å². The van der Waals surface area contributed by atoms with Crippen LogP contribution in [0.1, 0.15) is 73.4 Å². The number of aliphatic hydroxyl groups is 4. The van der Waals surface area contributed by atoms with Gasteiger partial charge in [0.25, 0.3) is 11.8 Å². The van der Waals surface area contributed by atoms with E-state index in [1.807, 2.05) is 24.3 Å². The van der Waals surface area contributed by atoms with Gasteiger partial charge in [-0.1, -0.05) is 0 Å². The number of fused-ring (bicyclic) bond motifs is 2. The molecular formula is C48H50F2N14O10. The van der Waals surface area contributed by atoms with Gasteiger partial charge < -0.3 is 51.9 Å². The van der Waals surface area contributed by atoms with Crippen LogP contribution in [-0.2, 0) is 9.59 Å². The zero-order valence-electron chi connectivity index (χ0n) is 40.4. The number of carbonyl (C=O) groups excluding carboxylic acids is 2. The SMILES string of the molecule is C[C@H](C#N)Nc1cc(-c2ccc3cc(C#N)cnn23)ncc1C(=O)NC[C@@H](F)C(C)(C)O.C[C@H](C#N)Nc1cc(-c2ccc3cc(C#N)cnn23)ncc1C(=O)NC[C@@H](F)C(C)(C)O.O=C(O)[C@H](O)[C@@H](O)C(=O)O. The molecule has 2 amide bonds. The Balaban J connectivity index is 0.000000271. The molecule has 0 spiro atoms. The van der Waals surface area contributed by atoms with Crippen molar-refractivity contribution in [2.45, 2.75) is 89.4 Å². The fourth-order valence-electron chi connectivity index (χ4n) is 6.16. The molecule has 0 aromatic carbocycles. The summed E-state index contributed by atoms with van der Waals surface area (Å²) < 4.78 is 31.3. The standard InChI is InChI=1S/2C22H22FN7O2.C4H6O6/c2*1-13(8-24)29-17-7-18(19-5-4-15-6-14(9-25)10-28-30(15)19)26-11-16(17)21(31)27-12-20(23)22(2,3)32;5-1(3(7)8)2(6)4(9)10/h2*4-7,10-11,13,20,32H,12H2,1-3H3,(H,26,29)(H,27,31);1-2,5-6H,(H,7,8)(H,9,10)/t2*13-,20-;1-,2-/m111/s1. The Labute approximate surface area is 420 Å². The molecule has 0 bridgehead atoms. The van der Waals surface area contributed by atoms with Crippen LogP contribution in [0.15, 0.2) is 73.3 Å². The van der Waals surface area contributed by atoms with E-state index in [9.17, 15) is 48.7 Å². The third kappa shape index (κ3) is 14.9. The van der Waals surface area contributed by atoms with E-state index in [1.54, 1.807) is 71.4 Å². The minimum Gasteiger partial charge on any atom is -0.479 e. The average molecular weight is 1020 g/mol. The predicted octanol–water partition coefficient (Wildman–Crippen LogP) is 2.74. The molecule has 24 nitrogen and oxygen atoms in total. The molecule has 0 aliphatic rings. The Bertz CT molecular complexity index is 2990. The van der Waals surface area contributed by atoms with Crippen LogP contribution in [0.5, 0.6) is 0 Å². The molecule has 0 aliphatic carbocycles. The first-order valence-electron chi connectivity index (χ1n) is 21.9. The minimum atomic E-state index is -2.27. The first-order chi connectivity index (χ1) is 34.7. The van der Waals surface area contributed by atoms with E-state index in [0.29, 0.717) is 56.3 Å². The molecule has 74 heavy (non-hydrogen) atoms. The van der Waals surface area contributed by atoms with Crippen LogP contribution in [-0.4, -0.2) is 145 Å². The van der Waals surface area contributed by atoms with Crippen molar-refractivity contribution in [2.24, 2.45) is 0 Å². The number of aliphatic carboxylic acids is 2. The number of amides is 2. The van der Waals surface area contributed by atoms with Crippen molar-refractivity contribution in [1.82, 2.24) is 39.8 Å². The van der Waals surface area contributed by atoms with Gasteiger partial charge in [-0.05, 0) is 90.1 Å². The fourth-order valence-corrected chi connectivity index (χ4v) is 6.16. The maximum absolute atomic E-state index is 14.0. The molecule has 0 unspecified atom stereocenters. The molecule has 6 aromatic heterocycles. The summed E-state index contributed by atoms with van der Waals surface area (Å²) in [7, 11) is 0. The quantitative estimate of drug-likeness (QED) is 0.0628. The molecule has 0 saturated carbocycles. The number of rotatable bonds is 17. The van der Waals surface area contributed by atoms with Crippen molar-refractivity contribution < 1.29 is 58.6 Å². The average Bonchev–Trinajstić information content (AvgIpc) is 4.00. The highest BCUT2D eigenvalue weighted by Gasteiger charge is 2.30. The number of carbonyl (C=O) groups is 4. The van der Waals surface area contributed by atoms with E-state index in [2.05, 4.69) is 41.4 Å². The van der Waals surface area contributed by atoms with Gasteiger partial charge >= 0.3 is 11.9 Å². The molecule has 0 fully saturated rings. The van der Waals surface area contributed by atoms with Crippen LogP contribution >= 0.6 is 0 Å². The maximum atomic E-state index is 14.0. The normalized spacial score (nSPS) is 13.5. The van der Waals surface area contributed by atoms with Crippen LogP contribution in [0.25, 0.3) is 33.8 Å². The first-order valence-corrected chi connectivity index (χ1v) is 21.9. The minimum absolute atomic E-state index is 0.124. The number of hydrogen-bond acceptors (Lipinski definition) is 18. The maximum Gasteiger partial charge on any atom is 0.335 e. The number of nitrogens with one attached hydrogen (secondary N) is 4. The van der Waals surface area contributed by atoms with Crippen LogP contribution in [0.3, 0.4) is 0 Å². The summed E-state index contributed by atoms with van der Waals surface area (Å²) in [5, 5.41) is 108. The van der Waals surface area contributed by atoms with E-state index in [-0.39, 0.29) is 24.2 Å². The summed E-state index contributed by atoms with van der Waals surface area (Å²) in [6.07, 6.45) is -2.32. The number of nitrogens with zero attached hydrogens (tertiary/aromatic N) is 10. The molecule has 10 N–H and O–H groups in total.